The van der Waals surface area contributed by atoms with Crippen LogP contribution in [0.4, 0.5) is 118 Å². The molecular weight excluding hydrogens is 617 g/mol. The highest BCUT2D eigenvalue weighted by Crippen LogP contribution is 2.24. The van der Waals surface area contributed by atoms with Gasteiger partial charge in [-0.25, -0.2) is 26.3 Å². The van der Waals surface area contributed by atoms with Crippen molar-refractivity contribution in [2.24, 2.45) is 0 Å². The first-order valence-electron chi connectivity index (χ1n) is 6.49. The summed E-state index contributed by atoms with van der Waals surface area (Å²) >= 11 is 0. The predicted molar refractivity (Wildman–Crippen MR) is 66.7 cm³/mol. The second kappa shape index (κ2) is 18.5. The van der Waals surface area contributed by atoms with Crippen molar-refractivity contribution in [3.63, 3.8) is 0 Å². The van der Waals surface area contributed by atoms with E-state index >= 15 is 0 Å². The lowest BCUT2D eigenvalue weighted by molar-refractivity contribution is -0.219. The molecule has 36 heavy (non-hydrogen) atoms. The Labute approximate surface area is 179 Å². The molecule has 0 aromatic rings. The Bertz CT molecular complexity index is 379. The minimum absolute atomic E-state index is 4.20. The number of hydrogen-bond acceptors (Lipinski definition) is 0. The molecule has 0 amide bonds. The van der Waals surface area contributed by atoms with E-state index in [2.05, 4.69) is 0 Å². The van der Waals surface area contributed by atoms with Gasteiger partial charge in [0.2, 0.25) is 0 Å². The first kappa shape index (κ1) is 47.5. The molecule has 228 valence electrons. The second-order valence-corrected chi connectivity index (χ2v) is 4.01. The van der Waals surface area contributed by atoms with E-state index in [-0.39, 0.29) is 0 Å². The van der Waals surface area contributed by atoms with Crippen molar-refractivity contribution in [2.75, 3.05) is 0 Å². The Kier molecular flexibility index (Phi) is 24.5. The quantitative estimate of drug-likeness (QED) is 0.187. The second-order valence-electron chi connectivity index (χ2n) is 4.01. The van der Waals surface area contributed by atoms with Crippen LogP contribution in [0.2, 0.25) is 0 Å². The molecule has 0 aliphatic heterocycles. The zero-order valence-corrected chi connectivity index (χ0v) is 15.2. The summed E-state index contributed by atoms with van der Waals surface area (Å²) in [7, 11) is -18.0. The summed E-state index contributed by atoms with van der Waals surface area (Å²) in [6.45, 7) is 0. The normalized spacial score (nSPS) is 12.5. The Hall–Kier alpha value is -1.70. The maximum atomic E-state index is 10.4. The van der Waals surface area contributed by atoms with E-state index in [1.807, 2.05) is 0 Å². The van der Waals surface area contributed by atoms with Gasteiger partial charge >= 0.3 is 59.6 Å². The summed E-state index contributed by atoms with van der Waals surface area (Å²) in [5.41, 5.74) is 0. The molecule has 30 heteroatoms. The van der Waals surface area contributed by atoms with Crippen LogP contribution in [0.25, 0.3) is 0 Å². The van der Waals surface area contributed by atoms with Gasteiger partial charge in [-0.05, 0) is 0 Å². The van der Waals surface area contributed by atoms with Gasteiger partial charge in [0, 0.05) is 0 Å². The predicted octanol–water partition coefficient (Wildman–Crippen LogP) is 9.34. The molecule has 0 aliphatic carbocycles. The van der Waals surface area contributed by atoms with Gasteiger partial charge in [0.05, 0.1) is 0 Å². The van der Waals surface area contributed by atoms with Crippen LogP contribution in [0.5, 0.6) is 0 Å². The van der Waals surface area contributed by atoms with Crippen LogP contribution in [0, 0.1) is 0 Å². The van der Waals surface area contributed by atoms with Gasteiger partial charge < -0.3 is 51.8 Å². The van der Waals surface area contributed by atoms with E-state index in [1.54, 1.807) is 0 Å². The minimum atomic E-state index is -6.00. The average molecular weight is 620 g/mol. The van der Waals surface area contributed by atoms with E-state index in [4.69, 9.17) is 0 Å². The summed E-state index contributed by atoms with van der Waals surface area (Å²) in [6, 6.07) is 0. The molecule has 0 nitrogen and oxygen atoms in total. The maximum Gasteiger partial charge on any atom is 0.673 e. The molecule has 0 saturated heterocycles. The van der Waals surface area contributed by atoms with Crippen molar-refractivity contribution < 1.29 is 118 Å². The zero-order chi connectivity index (χ0) is 31.7. The summed E-state index contributed by atoms with van der Waals surface area (Å²) in [5, 5.41) is 0. The summed E-state index contributed by atoms with van der Waals surface area (Å²) in [6.07, 6.45) is -28.6. The van der Waals surface area contributed by atoms with Crippen molar-refractivity contribution in [3.05, 3.63) is 0 Å². The number of rotatable bonds is 0. The molecule has 0 bridgehead atoms. The maximum absolute atomic E-state index is 10.4. The van der Waals surface area contributed by atoms with Crippen LogP contribution in [0.15, 0.2) is 0 Å². The third kappa shape index (κ3) is 119. The molecule has 0 N–H and O–H groups in total. The molecule has 0 aromatic carbocycles. The average Bonchev–Trinajstić information content (AvgIpc) is 2.39. The molecule has 0 unspecified atom stereocenters. The molecule has 0 heterocycles. The van der Waals surface area contributed by atoms with E-state index in [1.165, 1.54) is 0 Å². The van der Waals surface area contributed by atoms with Crippen LogP contribution < -0.4 is 0 Å². The standard InChI is InChI=1S/3C2HF5.3BF4/c3*3-1(4)2(5,6)7;3*2-1(3,4)5/h3*1H;;;/q;;;3*-1. The lowest BCUT2D eigenvalue weighted by Gasteiger charge is -2.00. The summed E-state index contributed by atoms with van der Waals surface area (Å²) in [5.74, 6) is 0. The number of hydrogen-bond donors (Lipinski definition) is 0. The molecule has 0 fully saturated rings. The first-order chi connectivity index (χ1) is 14.8. The fraction of sp³-hybridized carbons (Fsp3) is 1.00. The van der Waals surface area contributed by atoms with Gasteiger partial charge in [0.15, 0.2) is 0 Å². The summed E-state index contributed by atoms with van der Waals surface area (Å²) < 4.78 is 273. The molecule has 0 rings (SSSR count). The number of halogens is 27. The smallest absolute Gasteiger partial charge is 0.418 e. The Balaban J connectivity index is -0.0000000756. The van der Waals surface area contributed by atoms with Crippen LogP contribution in [0.1, 0.15) is 0 Å². The van der Waals surface area contributed by atoms with Gasteiger partial charge in [0.25, 0.3) is 0 Å². The van der Waals surface area contributed by atoms with Crippen molar-refractivity contribution in [2.45, 2.75) is 37.8 Å². The van der Waals surface area contributed by atoms with Crippen molar-refractivity contribution in [1.82, 2.24) is 0 Å². The molecule has 0 spiro atoms. The van der Waals surface area contributed by atoms with Crippen LogP contribution in [-0.2, 0) is 0 Å². The van der Waals surface area contributed by atoms with Crippen LogP contribution >= 0.6 is 0 Å². The van der Waals surface area contributed by atoms with Gasteiger partial charge in [-0.2, -0.15) is 39.5 Å². The Morgan fingerprint density at radius 3 is 0.306 bits per heavy atom. The van der Waals surface area contributed by atoms with E-state index in [0.717, 1.165) is 0 Å². The van der Waals surface area contributed by atoms with Crippen molar-refractivity contribution in [3.8, 4) is 0 Å². The lowest BCUT2D eigenvalue weighted by atomic mass is 10.3. The highest BCUT2D eigenvalue weighted by atomic mass is 19.5. The monoisotopic (exact) mass is 621 g/mol. The van der Waals surface area contributed by atoms with E-state index in [9.17, 15) is 118 Å². The largest absolute Gasteiger partial charge is 0.673 e. The Morgan fingerprint density at radius 1 is 0.278 bits per heavy atom. The van der Waals surface area contributed by atoms with Gasteiger partial charge in [-0.1, -0.05) is 0 Å². The van der Waals surface area contributed by atoms with Gasteiger partial charge in [0.1, 0.15) is 0 Å². The zero-order valence-electron chi connectivity index (χ0n) is 15.2. The van der Waals surface area contributed by atoms with Gasteiger partial charge in [-0.3, -0.25) is 0 Å². The third-order valence-electron chi connectivity index (χ3n) is 0.742. The topological polar surface area (TPSA) is 0 Å². The van der Waals surface area contributed by atoms with Crippen LogP contribution in [0.3, 0.4) is 0 Å². The minimum Gasteiger partial charge on any atom is -0.418 e. The van der Waals surface area contributed by atoms with E-state index in [0.29, 0.717) is 0 Å². The third-order valence-corrected chi connectivity index (χ3v) is 0.742. The summed E-state index contributed by atoms with van der Waals surface area (Å²) in [4.78, 5) is 0. The first-order valence-corrected chi connectivity index (χ1v) is 6.49. The lowest BCUT2D eigenvalue weighted by Crippen LogP contribution is -2.18. The van der Waals surface area contributed by atoms with Gasteiger partial charge in [-0.15, -0.1) is 0 Å². The van der Waals surface area contributed by atoms with Crippen LogP contribution in [-0.4, -0.2) is 59.6 Å². The SMILES string of the molecule is FC(F)C(F)(F)F.FC(F)C(F)(F)F.FC(F)C(F)(F)F.F[B-](F)(F)F.F[B-](F)(F)F.F[B-](F)(F)F. The molecule has 0 aliphatic rings. The van der Waals surface area contributed by atoms with Crippen molar-refractivity contribution >= 4 is 21.8 Å². The highest BCUT2D eigenvalue weighted by molar-refractivity contribution is 6.50. The fourth-order valence-electron chi connectivity index (χ4n) is 0. The molecular formula is C6H3B3F27-3. The van der Waals surface area contributed by atoms with Crippen molar-refractivity contribution in [1.29, 1.82) is 0 Å². The molecule has 0 radical (unpaired) electrons. The fourth-order valence-corrected chi connectivity index (χ4v) is 0. The molecule has 0 atom stereocenters. The molecule has 0 aromatic heterocycles. The molecule has 0 saturated carbocycles. The van der Waals surface area contributed by atoms with E-state index < -0.39 is 59.6 Å². The highest BCUT2D eigenvalue weighted by Gasteiger charge is 2.41. The number of alkyl halides is 15. The Morgan fingerprint density at radius 2 is 0.306 bits per heavy atom.